The van der Waals surface area contributed by atoms with Gasteiger partial charge in [-0.2, -0.15) is 0 Å². The van der Waals surface area contributed by atoms with Gasteiger partial charge in [-0.3, -0.25) is 24.6 Å². The summed E-state index contributed by atoms with van der Waals surface area (Å²) < 4.78 is 10.4. The van der Waals surface area contributed by atoms with Crippen LogP contribution in [0.25, 0.3) is 6.08 Å². The van der Waals surface area contributed by atoms with Crippen LogP contribution in [0.15, 0.2) is 54.2 Å². The molecule has 0 bridgehead atoms. The van der Waals surface area contributed by atoms with E-state index in [1.54, 1.807) is 30.3 Å². The minimum Gasteiger partial charge on any atom is -0.497 e. The lowest BCUT2D eigenvalue weighted by atomic mass is 10.1. The molecule has 0 aliphatic carbocycles. The summed E-state index contributed by atoms with van der Waals surface area (Å²) in [6.45, 7) is 4.39. The molecule has 1 fully saturated rings. The molecule has 34 heavy (non-hydrogen) atoms. The van der Waals surface area contributed by atoms with Gasteiger partial charge < -0.3 is 20.1 Å². The Kier molecular flexibility index (Phi) is 9.12. The number of carbonyl (C=O) groups is 2. The van der Waals surface area contributed by atoms with Crippen LogP contribution in [0, 0.1) is 10.1 Å². The second-order valence-corrected chi connectivity index (χ2v) is 7.66. The number of amides is 2. The number of carbonyl (C=O) groups excluding carboxylic acids is 2. The summed E-state index contributed by atoms with van der Waals surface area (Å²) in [5.41, 5.74) is 0.641. The Morgan fingerprint density at radius 3 is 2.59 bits per heavy atom. The Hall–Kier alpha value is -3.76. The summed E-state index contributed by atoms with van der Waals surface area (Å²) >= 11 is 0. The van der Waals surface area contributed by atoms with Gasteiger partial charge in [0.25, 0.3) is 17.5 Å². The topological polar surface area (TPSA) is 123 Å². The molecule has 1 saturated heterocycles. The summed E-state index contributed by atoms with van der Waals surface area (Å²) in [7, 11) is 1.53. The van der Waals surface area contributed by atoms with E-state index in [0.717, 1.165) is 26.1 Å². The molecule has 1 aliphatic heterocycles. The van der Waals surface area contributed by atoms with Crippen LogP contribution in [-0.4, -0.2) is 68.1 Å². The van der Waals surface area contributed by atoms with Crippen molar-refractivity contribution in [2.75, 3.05) is 46.5 Å². The van der Waals surface area contributed by atoms with Gasteiger partial charge in [0, 0.05) is 37.3 Å². The first-order chi connectivity index (χ1) is 16.5. The fourth-order valence-electron chi connectivity index (χ4n) is 3.41. The molecule has 10 nitrogen and oxygen atoms in total. The number of non-ortho nitro benzene ring substituents is 1. The van der Waals surface area contributed by atoms with Crippen LogP contribution < -0.4 is 15.4 Å². The molecule has 0 unspecified atom stereocenters. The summed E-state index contributed by atoms with van der Waals surface area (Å²) in [5.74, 6) is -0.361. The van der Waals surface area contributed by atoms with Crippen molar-refractivity contribution in [2.45, 2.75) is 6.42 Å². The maximum absolute atomic E-state index is 12.9. The van der Waals surface area contributed by atoms with E-state index in [1.165, 1.54) is 31.4 Å². The Labute approximate surface area is 197 Å². The number of ether oxygens (including phenoxy) is 2. The highest BCUT2D eigenvalue weighted by Crippen LogP contribution is 2.16. The van der Waals surface area contributed by atoms with Gasteiger partial charge in [-0.15, -0.1) is 0 Å². The van der Waals surface area contributed by atoms with Crippen molar-refractivity contribution in [2.24, 2.45) is 0 Å². The Morgan fingerprint density at radius 2 is 1.91 bits per heavy atom. The second kappa shape index (κ2) is 12.5. The lowest BCUT2D eigenvalue weighted by Crippen LogP contribution is -2.39. The number of nitrogens with one attached hydrogen (secondary N) is 2. The fraction of sp³-hybridized carbons (Fsp3) is 0.333. The first-order valence-electron chi connectivity index (χ1n) is 11.0. The van der Waals surface area contributed by atoms with Crippen molar-refractivity contribution >= 4 is 23.6 Å². The van der Waals surface area contributed by atoms with Gasteiger partial charge >= 0.3 is 0 Å². The average Bonchev–Trinajstić information content (AvgIpc) is 2.87. The van der Waals surface area contributed by atoms with Crippen molar-refractivity contribution in [3.05, 3.63) is 75.5 Å². The van der Waals surface area contributed by atoms with Gasteiger partial charge in [0.15, 0.2) is 0 Å². The zero-order chi connectivity index (χ0) is 24.3. The smallest absolute Gasteiger partial charge is 0.270 e. The van der Waals surface area contributed by atoms with E-state index in [-0.39, 0.29) is 11.4 Å². The first-order valence-corrected chi connectivity index (χ1v) is 11.0. The number of hydrogen-bond donors (Lipinski definition) is 2. The van der Waals surface area contributed by atoms with E-state index in [9.17, 15) is 19.7 Å². The summed E-state index contributed by atoms with van der Waals surface area (Å²) in [6.07, 6.45) is 2.16. The van der Waals surface area contributed by atoms with Crippen molar-refractivity contribution in [1.29, 1.82) is 0 Å². The number of nitro benzene ring substituents is 1. The normalized spacial score (nSPS) is 14.3. The lowest BCUT2D eigenvalue weighted by molar-refractivity contribution is -0.384. The van der Waals surface area contributed by atoms with Crippen LogP contribution >= 0.6 is 0 Å². The molecule has 2 amide bonds. The number of nitro groups is 1. The molecule has 0 aromatic heterocycles. The fourth-order valence-corrected chi connectivity index (χ4v) is 3.41. The minimum absolute atomic E-state index is 0.00677. The number of nitrogens with zero attached hydrogens (tertiary/aromatic N) is 2. The van der Waals surface area contributed by atoms with Gasteiger partial charge in [-0.1, -0.05) is 12.1 Å². The van der Waals surface area contributed by atoms with Crippen molar-refractivity contribution in [1.82, 2.24) is 15.5 Å². The standard InChI is InChI=1S/C24H28N4O6/c1-33-21-8-6-19(7-9-21)23(29)26-22(17-18-4-2-5-20(16-18)28(31)32)24(30)25-10-3-11-27-12-14-34-15-13-27/h2,4-9,16-17H,3,10-15H2,1H3,(H,25,30)(H,26,29)/b22-17+. The first kappa shape index (κ1) is 24.9. The Morgan fingerprint density at radius 1 is 1.18 bits per heavy atom. The zero-order valence-corrected chi connectivity index (χ0v) is 19.0. The molecule has 3 rings (SSSR count). The van der Waals surface area contributed by atoms with E-state index >= 15 is 0 Å². The number of benzene rings is 2. The molecule has 0 atom stereocenters. The van der Waals surface area contributed by atoms with Gasteiger partial charge in [0.1, 0.15) is 11.4 Å². The van der Waals surface area contributed by atoms with E-state index in [0.29, 0.717) is 36.6 Å². The van der Waals surface area contributed by atoms with Crippen LogP contribution in [0.3, 0.4) is 0 Å². The highest BCUT2D eigenvalue weighted by molar-refractivity contribution is 6.05. The SMILES string of the molecule is COc1ccc(C(=O)N/C(=C/c2cccc([N+](=O)[O-])c2)C(=O)NCCCN2CCOCC2)cc1. The second-order valence-electron chi connectivity index (χ2n) is 7.66. The Bertz CT molecular complexity index is 1030. The predicted molar refractivity (Wildman–Crippen MR) is 126 cm³/mol. The summed E-state index contributed by atoms with van der Waals surface area (Å²) in [4.78, 5) is 38.5. The summed E-state index contributed by atoms with van der Waals surface area (Å²) in [5, 5.41) is 16.6. The average molecular weight is 469 g/mol. The molecule has 2 aromatic rings. The van der Waals surface area contributed by atoms with Crippen LogP contribution in [0.5, 0.6) is 5.75 Å². The molecular weight excluding hydrogens is 440 g/mol. The summed E-state index contributed by atoms with van der Waals surface area (Å²) in [6, 6.07) is 12.3. The van der Waals surface area contributed by atoms with Crippen LogP contribution in [0.1, 0.15) is 22.3 Å². The third kappa shape index (κ3) is 7.39. The van der Waals surface area contributed by atoms with E-state index in [2.05, 4.69) is 15.5 Å². The quantitative estimate of drug-likeness (QED) is 0.237. The van der Waals surface area contributed by atoms with Gasteiger partial charge in [-0.05, 0) is 48.9 Å². The highest BCUT2D eigenvalue weighted by atomic mass is 16.6. The molecule has 2 N–H and O–H groups in total. The van der Waals surface area contributed by atoms with Crippen LogP contribution in [-0.2, 0) is 9.53 Å². The molecule has 10 heteroatoms. The molecule has 180 valence electrons. The van der Waals surface area contributed by atoms with Gasteiger partial charge in [-0.25, -0.2) is 0 Å². The number of methoxy groups -OCH3 is 1. The molecule has 0 radical (unpaired) electrons. The number of hydrogen-bond acceptors (Lipinski definition) is 7. The number of morpholine rings is 1. The van der Waals surface area contributed by atoms with Crippen molar-refractivity contribution in [3.63, 3.8) is 0 Å². The Balaban J connectivity index is 1.70. The third-order valence-corrected chi connectivity index (χ3v) is 5.28. The molecular formula is C24H28N4O6. The molecule has 1 heterocycles. The third-order valence-electron chi connectivity index (χ3n) is 5.28. The van der Waals surface area contributed by atoms with Crippen molar-refractivity contribution in [3.8, 4) is 5.75 Å². The van der Waals surface area contributed by atoms with Gasteiger partial charge in [0.2, 0.25) is 0 Å². The predicted octanol–water partition coefficient (Wildman–Crippen LogP) is 2.21. The zero-order valence-electron chi connectivity index (χ0n) is 19.0. The van der Waals surface area contributed by atoms with E-state index < -0.39 is 16.7 Å². The van der Waals surface area contributed by atoms with Crippen molar-refractivity contribution < 1.29 is 24.0 Å². The van der Waals surface area contributed by atoms with Crippen LogP contribution in [0.4, 0.5) is 5.69 Å². The lowest BCUT2D eigenvalue weighted by Gasteiger charge is -2.26. The van der Waals surface area contributed by atoms with Gasteiger partial charge in [0.05, 0.1) is 25.2 Å². The molecule has 2 aromatic carbocycles. The molecule has 0 saturated carbocycles. The van der Waals surface area contributed by atoms with E-state index in [4.69, 9.17) is 9.47 Å². The number of rotatable bonds is 10. The molecule has 0 spiro atoms. The maximum atomic E-state index is 12.9. The highest BCUT2D eigenvalue weighted by Gasteiger charge is 2.16. The minimum atomic E-state index is -0.515. The maximum Gasteiger partial charge on any atom is 0.270 e. The van der Waals surface area contributed by atoms with Crippen LogP contribution in [0.2, 0.25) is 0 Å². The monoisotopic (exact) mass is 468 g/mol. The largest absolute Gasteiger partial charge is 0.497 e. The molecule has 1 aliphatic rings. The van der Waals surface area contributed by atoms with E-state index in [1.807, 2.05) is 0 Å².